The van der Waals surface area contributed by atoms with E-state index in [-0.39, 0.29) is 6.10 Å². The van der Waals surface area contributed by atoms with Gasteiger partial charge < -0.3 is 10.0 Å². The molecule has 0 saturated carbocycles. The fraction of sp³-hybridized carbons (Fsp3) is 1.00. The van der Waals surface area contributed by atoms with Crippen LogP contribution < -0.4 is 0 Å². The number of hydrogen-bond acceptors (Lipinski definition) is 4. The fourth-order valence-corrected chi connectivity index (χ4v) is 4.32. The normalized spacial score (nSPS) is 31.8. The van der Waals surface area contributed by atoms with E-state index in [0.29, 0.717) is 11.5 Å². The van der Waals surface area contributed by atoms with Crippen LogP contribution in [-0.2, 0) is 0 Å². The van der Waals surface area contributed by atoms with Gasteiger partial charge in [-0.3, -0.25) is 0 Å². The fourth-order valence-electron chi connectivity index (χ4n) is 3.34. The minimum atomic E-state index is -0.117. The number of rotatable bonds is 5. The van der Waals surface area contributed by atoms with Crippen LogP contribution in [0.1, 0.15) is 33.6 Å². The second-order valence-electron chi connectivity index (χ2n) is 6.67. The molecule has 1 unspecified atom stereocenters. The van der Waals surface area contributed by atoms with Crippen LogP contribution in [0.2, 0.25) is 0 Å². The predicted octanol–water partition coefficient (Wildman–Crippen LogP) is 2.07. The van der Waals surface area contributed by atoms with E-state index in [9.17, 15) is 5.11 Å². The second-order valence-corrected chi connectivity index (χ2v) is 7.98. The molecule has 2 fully saturated rings. The average molecular weight is 272 g/mol. The molecule has 3 nitrogen and oxygen atoms in total. The van der Waals surface area contributed by atoms with Crippen molar-refractivity contribution in [2.45, 2.75) is 45.8 Å². The summed E-state index contributed by atoms with van der Waals surface area (Å²) in [5, 5.41) is 9.88. The minimum Gasteiger partial charge on any atom is -0.392 e. The van der Waals surface area contributed by atoms with Gasteiger partial charge >= 0.3 is 0 Å². The first-order valence-electron chi connectivity index (χ1n) is 7.18. The third kappa shape index (κ3) is 3.21. The van der Waals surface area contributed by atoms with Gasteiger partial charge in [-0.2, -0.15) is 0 Å². The van der Waals surface area contributed by atoms with E-state index in [1.807, 2.05) is 11.9 Å². The second kappa shape index (κ2) is 5.70. The van der Waals surface area contributed by atoms with Gasteiger partial charge in [-0.25, -0.2) is 4.31 Å². The van der Waals surface area contributed by atoms with Gasteiger partial charge in [0.05, 0.1) is 6.10 Å². The Morgan fingerprint density at radius 1 is 1.28 bits per heavy atom. The van der Waals surface area contributed by atoms with Crippen LogP contribution in [0.5, 0.6) is 0 Å². The van der Waals surface area contributed by atoms with Crippen molar-refractivity contribution in [1.82, 2.24) is 9.21 Å². The summed E-state index contributed by atoms with van der Waals surface area (Å²) in [4.78, 5) is 2.40. The standard InChI is InChI=1S/C14H28N2OS/c1-5-18-16-10-13(17)6-12(16)7-14(2,3)11-8-15(4)9-11/h11-13,17H,5-10H2,1-4H3/t12?,13-/m1/s1. The first-order valence-corrected chi connectivity index (χ1v) is 8.12. The summed E-state index contributed by atoms with van der Waals surface area (Å²) in [5.41, 5.74) is 0.397. The van der Waals surface area contributed by atoms with Gasteiger partial charge in [0.25, 0.3) is 0 Å². The number of hydrogen-bond donors (Lipinski definition) is 1. The lowest BCUT2D eigenvalue weighted by atomic mass is 9.70. The molecule has 106 valence electrons. The lowest BCUT2D eigenvalue weighted by Crippen LogP contribution is -2.51. The highest BCUT2D eigenvalue weighted by atomic mass is 32.2. The number of β-amino-alcohol motifs (C(OH)–C–C–N with tert-alkyl or cyclic N) is 1. The molecule has 4 heteroatoms. The maximum absolute atomic E-state index is 9.88. The topological polar surface area (TPSA) is 26.7 Å². The van der Waals surface area contributed by atoms with Crippen molar-refractivity contribution in [3.63, 3.8) is 0 Å². The molecule has 0 radical (unpaired) electrons. The Labute approximate surface area is 116 Å². The van der Waals surface area contributed by atoms with Gasteiger partial charge in [0.2, 0.25) is 0 Å². The van der Waals surface area contributed by atoms with Crippen LogP contribution in [0.4, 0.5) is 0 Å². The van der Waals surface area contributed by atoms with Crippen molar-refractivity contribution < 1.29 is 5.11 Å². The number of nitrogens with zero attached hydrogens (tertiary/aromatic N) is 2. The molecule has 0 amide bonds. The zero-order valence-corrected chi connectivity index (χ0v) is 13.0. The molecule has 0 aromatic heterocycles. The number of aliphatic hydroxyl groups excluding tert-OH is 1. The van der Waals surface area contributed by atoms with Crippen LogP contribution in [0, 0.1) is 11.3 Å². The van der Waals surface area contributed by atoms with Crippen LogP contribution in [0.25, 0.3) is 0 Å². The van der Waals surface area contributed by atoms with Crippen molar-refractivity contribution in [1.29, 1.82) is 0 Å². The zero-order chi connectivity index (χ0) is 13.3. The highest BCUT2D eigenvalue weighted by Gasteiger charge is 2.41. The molecule has 2 saturated heterocycles. The Morgan fingerprint density at radius 2 is 1.94 bits per heavy atom. The maximum atomic E-state index is 9.88. The molecule has 2 heterocycles. The van der Waals surface area contributed by atoms with Crippen molar-refractivity contribution in [2.75, 3.05) is 32.4 Å². The van der Waals surface area contributed by atoms with E-state index in [1.54, 1.807) is 0 Å². The molecule has 0 aromatic carbocycles. The van der Waals surface area contributed by atoms with E-state index in [1.165, 1.54) is 19.5 Å². The van der Waals surface area contributed by atoms with Gasteiger partial charge in [-0.15, -0.1) is 0 Å². The third-order valence-electron chi connectivity index (χ3n) is 4.57. The van der Waals surface area contributed by atoms with Crippen molar-refractivity contribution in [3.05, 3.63) is 0 Å². The summed E-state index contributed by atoms with van der Waals surface area (Å²) in [6.45, 7) is 10.3. The molecule has 0 aliphatic carbocycles. The molecular weight excluding hydrogens is 244 g/mol. The van der Waals surface area contributed by atoms with E-state index < -0.39 is 0 Å². The molecular formula is C14H28N2OS. The highest BCUT2D eigenvalue weighted by molar-refractivity contribution is 7.97. The lowest BCUT2D eigenvalue weighted by Gasteiger charge is -2.47. The quantitative estimate of drug-likeness (QED) is 0.775. The monoisotopic (exact) mass is 272 g/mol. The van der Waals surface area contributed by atoms with Gasteiger partial charge in [-0.05, 0) is 31.2 Å². The molecule has 0 bridgehead atoms. The van der Waals surface area contributed by atoms with Crippen LogP contribution >= 0.6 is 11.9 Å². The Kier molecular flexibility index (Phi) is 4.63. The Morgan fingerprint density at radius 3 is 2.50 bits per heavy atom. The van der Waals surface area contributed by atoms with E-state index in [2.05, 4.69) is 37.0 Å². The summed E-state index contributed by atoms with van der Waals surface area (Å²) in [6.07, 6.45) is 2.06. The summed E-state index contributed by atoms with van der Waals surface area (Å²) >= 11 is 1.89. The van der Waals surface area contributed by atoms with Crippen LogP contribution in [0.3, 0.4) is 0 Å². The lowest BCUT2D eigenvalue weighted by molar-refractivity contribution is 0.0204. The number of aliphatic hydroxyl groups is 1. The summed E-state index contributed by atoms with van der Waals surface area (Å²) in [7, 11) is 2.20. The summed E-state index contributed by atoms with van der Waals surface area (Å²) in [6, 6.07) is 0.561. The Balaban J connectivity index is 1.90. The molecule has 2 rings (SSSR count). The average Bonchev–Trinajstić information content (AvgIpc) is 2.54. The highest BCUT2D eigenvalue weighted by Crippen LogP contribution is 2.41. The first-order chi connectivity index (χ1) is 8.42. The van der Waals surface area contributed by atoms with Gasteiger partial charge in [0, 0.05) is 31.4 Å². The Bertz CT molecular complexity index is 279. The van der Waals surface area contributed by atoms with Crippen molar-refractivity contribution >= 4 is 11.9 Å². The van der Waals surface area contributed by atoms with Gasteiger partial charge in [0.15, 0.2) is 0 Å². The first kappa shape index (κ1) is 14.6. The Hall–Kier alpha value is 0.230. The van der Waals surface area contributed by atoms with Gasteiger partial charge in [-0.1, -0.05) is 32.7 Å². The maximum Gasteiger partial charge on any atom is 0.0691 e. The van der Waals surface area contributed by atoms with E-state index >= 15 is 0 Å². The third-order valence-corrected chi connectivity index (χ3v) is 5.61. The van der Waals surface area contributed by atoms with E-state index in [4.69, 9.17) is 0 Å². The van der Waals surface area contributed by atoms with Crippen LogP contribution in [-0.4, -0.2) is 58.9 Å². The number of likely N-dealkylation sites (tertiary alicyclic amines) is 1. The molecule has 0 aromatic rings. The smallest absolute Gasteiger partial charge is 0.0691 e. The van der Waals surface area contributed by atoms with Gasteiger partial charge in [0.1, 0.15) is 0 Å². The van der Waals surface area contributed by atoms with Crippen molar-refractivity contribution in [3.8, 4) is 0 Å². The summed E-state index contributed by atoms with van der Waals surface area (Å²) < 4.78 is 2.43. The van der Waals surface area contributed by atoms with Crippen molar-refractivity contribution in [2.24, 2.45) is 11.3 Å². The molecule has 1 N–H and O–H groups in total. The molecule has 2 aliphatic heterocycles. The predicted molar refractivity (Wildman–Crippen MR) is 78.6 cm³/mol. The summed E-state index contributed by atoms with van der Waals surface area (Å²) in [5.74, 6) is 1.93. The minimum absolute atomic E-state index is 0.117. The molecule has 2 atom stereocenters. The molecule has 2 aliphatic rings. The van der Waals surface area contributed by atoms with E-state index in [0.717, 1.165) is 24.6 Å². The molecule has 18 heavy (non-hydrogen) atoms. The van der Waals surface area contributed by atoms with Crippen LogP contribution in [0.15, 0.2) is 0 Å². The molecule has 0 spiro atoms. The largest absolute Gasteiger partial charge is 0.392 e. The SMILES string of the molecule is CCSN1C[C@H](O)CC1CC(C)(C)C1CN(C)C1. The zero-order valence-electron chi connectivity index (χ0n) is 12.2.